The number of anilines is 1. The lowest BCUT2D eigenvalue weighted by Crippen LogP contribution is -2.39. The number of pyridine rings is 1. The lowest BCUT2D eigenvalue weighted by atomic mass is 9.92. The Morgan fingerprint density at radius 2 is 1.87 bits per heavy atom. The van der Waals surface area contributed by atoms with Gasteiger partial charge >= 0.3 is 0 Å². The molecule has 1 aliphatic heterocycles. The van der Waals surface area contributed by atoms with Gasteiger partial charge in [-0.1, -0.05) is 12.1 Å². The van der Waals surface area contributed by atoms with Crippen LogP contribution in [0.4, 0.5) is 5.95 Å². The molecular weight excluding hydrogens is 390 g/mol. The fourth-order valence-corrected chi connectivity index (χ4v) is 4.01. The van der Waals surface area contributed by atoms with Crippen molar-refractivity contribution in [1.29, 1.82) is 0 Å². The number of rotatable bonds is 5. The first-order chi connectivity index (χ1) is 15.1. The molecule has 0 spiro atoms. The van der Waals surface area contributed by atoms with E-state index in [4.69, 9.17) is 9.72 Å². The number of hydrogen-bond acceptors (Lipinski definition) is 6. The molecule has 0 bridgehead atoms. The third-order valence-corrected chi connectivity index (χ3v) is 5.65. The lowest BCUT2D eigenvalue weighted by molar-refractivity contribution is 0.0705. The van der Waals surface area contributed by atoms with E-state index < -0.39 is 0 Å². The SMILES string of the molecule is CNc1ncc(C(=O)N2CCC[C@H](c3cc(-c4ccc(OC)cc4)cc(C)n3)C2)cn1. The maximum absolute atomic E-state index is 13.0. The monoisotopic (exact) mass is 417 g/mol. The second-order valence-corrected chi connectivity index (χ2v) is 7.79. The van der Waals surface area contributed by atoms with Crippen LogP contribution in [0.2, 0.25) is 0 Å². The van der Waals surface area contributed by atoms with E-state index in [9.17, 15) is 4.79 Å². The summed E-state index contributed by atoms with van der Waals surface area (Å²) >= 11 is 0. The van der Waals surface area contributed by atoms with Gasteiger partial charge in [-0.15, -0.1) is 0 Å². The van der Waals surface area contributed by atoms with Crippen LogP contribution in [0.15, 0.2) is 48.8 Å². The van der Waals surface area contributed by atoms with Gasteiger partial charge in [0, 0.05) is 49.8 Å². The molecule has 3 aromatic rings. The van der Waals surface area contributed by atoms with Crippen LogP contribution in [0.25, 0.3) is 11.1 Å². The third-order valence-electron chi connectivity index (χ3n) is 5.65. The molecule has 1 saturated heterocycles. The van der Waals surface area contributed by atoms with Gasteiger partial charge in [0.25, 0.3) is 5.91 Å². The smallest absolute Gasteiger partial charge is 0.257 e. The fraction of sp³-hybridized carbons (Fsp3) is 0.333. The molecule has 1 amide bonds. The van der Waals surface area contributed by atoms with Crippen LogP contribution < -0.4 is 10.1 Å². The zero-order chi connectivity index (χ0) is 21.8. The number of nitrogens with one attached hydrogen (secondary N) is 1. The number of aryl methyl sites for hydroxylation is 1. The average Bonchev–Trinajstić information content (AvgIpc) is 2.83. The highest BCUT2D eigenvalue weighted by Crippen LogP contribution is 2.30. The lowest BCUT2D eigenvalue weighted by Gasteiger charge is -2.32. The van der Waals surface area contributed by atoms with Gasteiger partial charge in [0.15, 0.2) is 0 Å². The minimum Gasteiger partial charge on any atom is -0.497 e. The number of methoxy groups -OCH3 is 1. The Hall–Kier alpha value is -3.48. The molecule has 1 atom stereocenters. The Kier molecular flexibility index (Phi) is 6.11. The Balaban J connectivity index is 1.54. The van der Waals surface area contributed by atoms with Crippen LogP contribution in [0.5, 0.6) is 5.75 Å². The molecule has 3 heterocycles. The van der Waals surface area contributed by atoms with Crippen LogP contribution in [0.3, 0.4) is 0 Å². The van der Waals surface area contributed by atoms with Crippen molar-refractivity contribution in [2.24, 2.45) is 0 Å². The number of carbonyl (C=O) groups excluding carboxylic acids is 1. The summed E-state index contributed by atoms with van der Waals surface area (Å²) in [6.07, 6.45) is 5.12. The van der Waals surface area contributed by atoms with E-state index in [0.717, 1.165) is 47.7 Å². The van der Waals surface area contributed by atoms with Gasteiger partial charge in [-0.05, 0) is 55.2 Å². The van der Waals surface area contributed by atoms with Crippen molar-refractivity contribution in [3.05, 3.63) is 65.7 Å². The van der Waals surface area contributed by atoms with E-state index >= 15 is 0 Å². The molecule has 160 valence electrons. The second kappa shape index (κ2) is 9.12. The summed E-state index contributed by atoms with van der Waals surface area (Å²) in [5.41, 5.74) is 4.77. The third kappa shape index (κ3) is 4.66. The average molecular weight is 418 g/mol. The highest BCUT2D eigenvalue weighted by molar-refractivity contribution is 5.93. The van der Waals surface area contributed by atoms with Gasteiger partial charge in [-0.2, -0.15) is 0 Å². The van der Waals surface area contributed by atoms with Crippen LogP contribution in [-0.2, 0) is 0 Å². The van der Waals surface area contributed by atoms with Crippen molar-refractivity contribution in [2.75, 3.05) is 32.6 Å². The van der Waals surface area contributed by atoms with E-state index in [2.05, 4.69) is 39.6 Å². The predicted octanol–water partition coefficient (Wildman–Crippen LogP) is 3.92. The maximum Gasteiger partial charge on any atom is 0.257 e. The van der Waals surface area contributed by atoms with Crippen molar-refractivity contribution in [1.82, 2.24) is 19.9 Å². The largest absolute Gasteiger partial charge is 0.497 e. The normalized spacial score (nSPS) is 16.1. The molecular formula is C24H27N5O2. The van der Waals surface area contributed by atoms with Crippen molar-refractivity contribution in [3.8, 4) is 16.9 Å². The van der Waals surface area contributed by atoms with Gasteiger partial charge < -0.3 is 15.0 Å². The molecule has 2 aromatic heterocycles. The summed E-state index contributed by atoms with van der Waals surface area (Å²) in [6, 6.07) is 12.3. The fourth-order valence-electron chi connectivity index (χ4n) is 4.01. The molecule has 0 saturated carbocycles. The number of nitrogens with zero attached hydrogens (tertiary/aromatic N) is 4. The van der Waals surface area contributed by atoms with E-state index in [1.807, 2.05) is 24.0 Å². The van der Waals surface area contributed by atoms with Gasteiger partial charge in [-0.3, -0.25) is 9.78 Å². The number of carbonyl (C=O) groups is 1. The Morgan fingerprint density at radius 1 is 1.13 bits per heavy atom. The highest BCUT2D eigenvalue weighted by atomic mass is 16.5. The summed E-state index contributed by atoms with van der Waals surface area (Å²) in [5, 5.41) is 2.87. The molecule has 1 fully saturated rings. The number of ether oxygens (including phenoxy) is 1. The Bertz CT molecular complexity index is 1050. The Morgan fingerprint density at radius 3 is 2.55 bits per heavy atom. The van der Waals surface area contributed by atoms with Crippen molar-refractivity contribution in [3.63, 3.8) is 0 Å². The molecule has 7 nitrogen and oxygen atoms in total. The zero-order valence-electron chi connectivity index (χ0n) is 18.1. The molecule has 31 heavy (non-hydrogen) atoms. The number of aromatic nitrogens is 3. The van der Waals surface area contributed by atoms with Gasteiger partial charge in [-0.25, -0.2) is 9.97 Å². The number of piperidine rings is 1. The summed E-state index contributed by atoms with van der Waals surface area (Å²) < 4.78 is 5.27. The Labute approximate surface area is 182 Å². The number of hydrogen-bond donors (Lipinski definition) is 1. The van der Waals surface area contributed by atoms with Crippen LogP contribution in [-0.4, -0.2) is 53.0 Å². The molecule has 0 aliphatic carbocycles. The molecule has 1 aromatic carbocycles. The summed E-state index contributed by atoms with van der Waals surface area (Å²) in [5.74, 6) is 1.51. The molecule has 1 N–H and O–H groups in total. The topological polar surface area (TPSA) is 80.2 Å². The first-order valence-corrected chi connectivity index (χ1v) is 10.5. The van der Waals surface area contributed by atoms with Gasteiger partial charge in [0.1, 0.15) is 5.75 Å². The first-order valence-electron chi connectivity index (χ1n) is 10.5. The minimum atomic E-state index is -0.0321. The minimum absolute atomic E-state index is 0.0321. The maximum atomic E-state index is 13.0. The second-order valence-electron chi connectivity index (χ2n) is 7.79. The van der Waals surface area contributed by atoms with Crippen molar-refractivity contribution in [2.45, 2.75) is 25.7 Å². The van der Waals surface area contributed by atoms with Crippen LogP contribution in [0, 0.1) is 6.92 Å². The summed E-state index contributed by atoms with van der Waals surface area (Å²) in [4.78, 5) is 28.0. The van der Waals surface area contributed by atoms with Crippen LogP contribution in [0.1, 0.15) is 40.5 Å². The first kappa shape index (κ1) is 20.8. The number of likely N-dealkylation sites (tertiary alicyclic amines) is 1. The molecule has 0 radical (unpaired) electrons. The van der Waals surface area contributed by atoms with Gasteiger partial charge in [0.05, 0.1) is 12.7 Å². The molecule has 0 unspecified atom stereocenters. The standard InChI is InChI=1S/C24H27N5O2/c1-16-11-19(17-6-8-21(31-3)9-7-17)12-22(28-16)18-5-4-10-29(15-18)23(30)20-13-26-24(25-2)27-14-20/h6-9,11-14,18H,4-5,10,15H2,1-3H3,(H,25,26,27)/t18-/m0/s1. The van der Waals surface area contributed by atoms with E-state index in [-0.39, 0.29) is 11.8 Å². The molecule has 4 rings (SSSR count). The zero-order valence-corrected chi connectivity index (χ0v) is 18.1. The number of benzene rings is 1. The van der Waals surface area contributed by atoms with Crippen molar-refractivity contribution < 1.29 is 9.53 Å². The van der Waals surface area contributed by atoms with E-state index in [1.165, 1.54) is 0 Å². The number of amides is 1. The van der Waals surface area contributed by atoms with E-state index in [1.54, 1.807) is 26.6 Å². The van der Waals surface area contributed by atoms with Crippen molar-refractivity contribution >= 4 is 11.9 Å². The van der Waals surface area contributed by atoms with E-state index in [0.29, 0.717) is 18.1 Å². The summed E-state index contributed by atoms with van der Waals surface area (Å²) in [6.45, 7) is 3.40. The van der Waals surface area contributed by atoms with Crippen LogP contribution >= 0.6 is 0 Å². The molecule has 7 heteroatoms. The van der Waals surface area contributed by atoms with Gasteiger partial charge in [0.2, 0.25) is 5.95 Å². The summed E-state index contributed by atoms with van der Waals surface area (Å²) in [7, 11) is 3.42. The predicted molar refractivity (Wildman–Crippen MR) is 120 cm³/mol. The quantitative estimate of drug-likeness (QED) is 0.678. The highest BCUT2D eigenvalue weighted by Gasteiger charge is 2.27. The molecule has 1 aliphatic rings.